The summed E-state index contributed by atoms with van der Waals surface area (Å²) in [4.78, 5) is 0. The second-order valence-electron chi connectivity index (χ2n) is 5.73. The maximum atomic E-state index is 5.89. The molecular formula is C12H30O2SSi2. The molecule has 0 aromatic carbocycles. The Morgan fingerprint density at radius 2 is 1.47 bits per heavy atom. The summed E-state index contributed by atoms with van der Waals surface area (Å²) in [6.07, 6.45) is 0. The predicted octanol–water partition coefficient (Wildman–Crippen LogP) is 4.34. The molecule has 0 rings (SSSR count). The van der Waals surface area contributed by atoms with Gasteiger partial charge in [-0.25, -0.2) is 0 Å². The van der Waals surface area contributed by atoms with Crippen molar-refractivity contribution in [1.82, 2.24) is 0 Å². The van der Waals surface area contributed by atoms with Crippen molar-refractivity contribution >= 4 is 27.0 Å². The topological polar surface area (TPSA) is 18.5 Å². The molecule has 0 aromatic rings. The van der Waals surface area contributed by atoms with Gasteiger partial charge in [-0.05, 0) is 38.1 Å². The van der Waals surface area contributed by atoms with Crippen LogP contribution >= 0.6 is 11.2 Å². The molecule has 0 saturated carbocycles. The zero-order valence-corrected chi connectivity index (χ0v) is 15.4. The van der Waals surface area contributed by atoms with Crippen LogP contribution in [0.25, 0.3) is 0 Å². The second kappa shape index (κ2) is 7.99. The Kier molecular flexibility index (Phi) is 8.32. The maximum absolute atomic E-state index is 5.89. The van der Waals surface area contributed by atoms with E-state index in [0.29, 0.717) is 5.92 Å². The molecule has 0 heterocycles. The highest BCUT2D eigenvalue weighted by atomic mass is 32.4. The Morgan fingerprint density at radius 3 is 1.82 bits per heavy atom. The van der Waals surface area contributed by atoms with Gasteiger partial charge in [0.05, 0.1) is 0 Å². The van der Waals surface area contributed by atoms with Crippen LogP contribution in [0.1, 0.15) is 20.8 Å². The van der Waals surface area contributed by atoms with Crippen LogP contribution in [0.15, 0.2) is 0 Å². The quantitative estimate of drug-likeness (QED) is 0.590. The van der Waals surface area contributed by atoms with E-state index < -0.39 is 15.8 Å². The summed E-state index contributed by atoms with van der Waals surface area (Å²) in [5.41, 5.74) is 0. The lowest BCUT2D eigenvalue weighted by atomic mass is 10.3. The van der Waals surface area contributed by atoms with Gasteiger partial charge in [-0.1, -0.05) is 26.6 Å². The fourth-order valence-electron chi connectivity index (χ4n) is 1.85. The molecule has 2 nitrogen and oxygen atoms in total. The molecule has 104 valence electrons. The van der Waals surface area contributed by atoms with Crippen molar-refractivity contribution in [2.24, 2.45) is 5.92 Å². The van der Waals surface area contributed by atoms with Gasteiger partial charge >= 0.3 is 8.56 Å². The molecule has 0 aliphatic heterocycles. The summed E-state index contributed by atoms with van der Waals surface area (Å²) in [7, 11) is -2.89. The summed E-state index contributed by atoms with van der Waals surface area (Å²) in [6, 6.07) is 1.12. The third-order valence-electron chi connectivity index (χ3n) is 2.42. The monoisotopic (exact) mass is 294 g/mol. The average Bonchev–Trinajstić information content (AvgIpc) is 2.14. The molecule has 0 bridgehead atoms. The van der Waals surface area contributed by atoms with Crippen molar-refractivity contribution in [2.45, 2.75) is 53.0 Å². The van der Waals surface area contributed by atoms with E-state index in [0.717, 1.165) is 19.3 Å². The van der Waals surface area contributed by atoms with E-state index in [1.54, 1.807) is 0 Å². The first-order chi connectivity index (χ1) is 7.72. The molecule has 0 aromatic heterocycles. The molecule has 0 radical (unpaired) electrons. The average molecular weight is 295 g/mol. The van der Waals surface area contributed by atoms with Crippen molar-refractivity contribution in [2.75, 3.05) is 19.0 Å². The Balaban J connectivity index is 4.16. The van der Waals surface area contributed by atoms with Gasteiger partial charge in [0.25, 0.3) is 0 Å². The first kappa shape index (κ1) is 17.7. The van der Waals surface area contributed by atoms with E-state index in [-0.39, 0.29) is 0 Å². The zero-order chi connectivity index (χ0) is 13.5. The predicted molar refractivity (Wildman–Crippen MR) is 84.6 cm³/mol. The molecular weight excluding hydrogens is 264 g/mol. The summed E-state index contributed by atoms with van der Waals surface area (Å²) in [5.74, 6) is 1.94. The van der Waals surface area contributed by atoms with Crippen LogP contribution in [-0.4, -0.2) is 34.8 Å². The minimum absolute atomic E-state index is 0.696. The normalized spacial score (nSPS) is 15.0. The first-order valence-electron chi connectivity index (χ1n) is 6.64. The standard InChI is InChI=1S/C12H30O2SSi2/c1-8-13-17(7,14-9-2)11-12(3)10-15-16(4,5)6/h12H,8-11H2,1-7H3. The smallest absolute Gasteiger partial charge is 0.335 e. The van der Waals surface area contributed by atoms with Crippen molar-refractivity contribution in [3.8, 4) is 0 Å². The van der Waals surface area contributed by atoms with Gasteiger partial charge < -0.3 is 8.85 Å². The van der Waals surface area contributed by atoms with Gasteiger partial charge in [-0.15, -0.1) is 0 Å². The van der Waals surface area contributed by atoms with Crippen LogP contribution in [0, 0.1) is 5.92 Å². The maximum Gasteiger partial charge on any atom is 0.335 e. The summed E-state index contributed by atoms with van der Waals surface area (Å²) < 4.78 is 11.8. The van der Waals surface area contributed by atoms with E-state index >= 15 is 0 Å². The van der Waals surface area contributed by atoms with Gasteiger partial charge in [0.15, 0.2) is 0 Å². The van der Waals surface area contributed by atoms with Gasteiger partial charge in [0, 0.05) is 13.2 Å². The van der Waals surface area contributed by atoms with Crippen molar-refractivity contribution < 1.29 is 8.85 Å². The van der Waals surface area contributed by atoms with Gasteiger partial charge in [0.1, 0.15) is 7.22 Å². The largest absolute Gasteiger partial charge is 0.395 e. The van der Waals surface area contributed by atoms with Crippen LogP contribution < -0.4 is 0 Å². The molecule has 0 N–H and O–H groups in total. The lowest BCUT2D eigenvalue weighted by Gasteiger charge is -2.29. The zero-order valence-electron chi connectivity index (χ0n) is 12.6. The van der Waals surface area contributed by atoms with Crippen LogP contribution in [0.3, 0.4) is 0 Å². The van der Waals surface area contributed by atoms with Crippen LogP contribution in [-0.2, 0) is 8.85 Å². The number of hydrogen-bond donors (Lipinski definition) is 0. The van der Waals surface area contributed by atoms with Gasteiger partial charge in [-0.2, -0.15) is 11.2 Å². The van der Waals surface area contributed by atoms with Gasteiger partial charge in [0.2, 0.25) is 0 Å². The lowest BCUT2D eigenvalue weighted by Crippen LogP contribution is -2.40. The highest BCUT2D eigenvalue weighted by Crippen LogP contribution is 2.27. The molecule has 1 atom stereocenters. The summed E-state index contributed by atoms with van der Waals surface area (Å²) in [6.45, 7) is 17.4. The molecule has 0 aliphatic rings. The fraction of sp³-hybridized carbons (Fsp3) is 1.00. The Morgan fingerprint density at radius 1 is 1.00 bits per heavy atom. The second-order valence-corrected chi connectivity index (χ2v) is 18.4. The van der Waals surface area contributed by atoms with Crippen LogP contribution in [0.2, 0.25) is 32.2 Å². The first-order valence-corrected chi connectivity index (χ1v) is 14.4. The molecule has 0 amide bonds. The summed E-state index contributed by atoms with van der Waals surface area (Å²) >= 11 is 2.17. The highest BCUT2D eigenvalue weighted by molar-refractivity contribution is 8.28. The van der Waals surface area contributed by atoms with E-state index in [9.17, 15) is 0 Å². The third-order valence-corrected chi connectivity index (χ3v) is 10.4. The van der Waals surface area contributed by atoms with Crippen molar-refractivity contribution in [3.63, 3.8) is 0 Å². The third kappa shape index (κ3) is 9.30. The SMILES string of the molecule is CCO[Si](C)(CC(C)CS[Si](C)(C)C)OCC. The Labute approximate surface area is 114 Å². The molecule has 0 saturated heterocycles. The molecule has 1 unspecified atom stereocenters. The fourth-order valence-corrected chi connectivity index (χ4v) is 8.27. The van der Waals surface area contributed by atoms with Crippen LogP contribution in [0.4, 0.5) is 0 Å². The molecule has 17 heavy (non-hydrogen) atoms. The lowest BCUT2D eigenvalue weighted by molar-refractivity contribution is 0.185. The minimum atomic E-state index is -1.91. The minimum Gasteiger partial charge on any atom is -0.395 e. The summed E-state index contributed by atoms with van der Waals surface area (Å²) in [5, 5.41) is 0. The van der Waals surface area contributed by atoms with E-state index in [1.165, 1.54) is 5.75 Å². The molecule has 0 aliphatic carbocycles. The van der Waals surface area contributed by atoms with E-state index in [4.69, 9.17) is 8.85 Å². The number of hydrogen-bond acceptors (Lipinski definition) is 3. The van der Waals surface area contributed by atoms with Crippen molar-refractivity contribution in [3.05, 3.63) is 0 Å². The Bertz CT molecular complexity index is 201. The number of rotatable bonds is 9. The Hall–Kier alpha value is 0.704. The molecule has 0 spiro atoms. The molecule has 5 heteroatoms. The van der Waals surface area contributed by atoms with Gasteiger partial charge in [-0.3, -0.25) is 0 Å². The van der Waals surface area contributed by atoms with Crippen LogP contribution in [0.5, 0.6) is 0 Å². The highest BCUT2D eigenvalue weighted by Gasteiger charge is 2.33. The van der Waals surface area contributed by atoms with Crippen molar-refractivity contribution in [1.29, 1.82) is 0 Å². The molecule has 0 fully saturated rings. The van der Waals surface area contributed by atoms with E-state index in [1.807, 2.05) is 0 Å². The van der Waals surface area contributed by atoms with E-state index in [2.05, 4.69) is 58.2 Å².